The van der Waals surface area contributed by atoms with Gasteiger partial charge in [0, 0.05) is 23.3 Å². The lowest BCUT2D eigenvalue weighted by Crippen LogP contribution is -2.20. The Morgan fingerprint density at radius 2 is 1.71 bits per heavy atom. The predicted octanol–water partition coefficient (Wildman–Crippen LogP) is 6.83. The van der Waals surface area contributed by atoms with E-state index in [0.29, 0.717) is 35.4 Å². The van der Waals surface area contributed by atoms with E-state index < -0.39 is 0 Å². The van der Waals surface area contributed by atoms with Crippen molar-refractivity contribution in [1.82, 2.24) is 0 Å². The van der Waals surface area contributed by atoms with Gasteiger partial charge in [0.2, 0.25) is 0 Å². The minimum Gasteiger partial charge on any atom is -0.490 e. The molecule has 1 amide bonds. The summed E-state index contributed by atoms with van der Waals surface area (Å²) in [6.07, 6.45) is 0. The molecule has 4 rings (SSSR count). The van der Waals surface area contributed by atoms with Crippen molar-refractivity contribution >= 4 is 39.7 Å². The number of anilines is 2. The lowest BCUT2D eigenvalue weighted by Gasteiger charge is -2.16. The highest BCUT2D eigenvalue weighted by Gasteiger charge is 2.15. The number of nitrogens with one attached hydrogen (secondary N) is 2. The molecular weight excluding hydrogens is 448 g/mol. The molecule has 4 aromatic rings. The van der Waals surface area contributed by atoms with E-state index >= 15 is 0 Å². The summed E-state index contributed by atoms with van der Waals surface area (Å²) in [5.74, 6) is 0.591. The van der Waals surface area contributed by atoms with Gasteiger partial charge >= 0.3 is 0 Å². The SMILES string of the molecule is CCOc1cc(CNc2cccc3ccccc23)cc(Cl)c1OCC(=O)Nc1ccc(C)cc1. The molecule has 0 spiro atoms. The van der Waals surface area contributed by atoms with E-state index in [4.69, 9.17) is 21.1 Å². The number of aryl methyl sites for hydroxylation is 1. The first-order valence-corrected chi connectivity index (χ1v) is 11.6. The van der Waals surface area contributed by atoms with E-state index in [2.05, 4.69) is 34.9 Å². The smallest absolute Gasteiger partial charge is 0.262 e. The Kier molecular flexibility index (Phi) is 7.55. The molecule has 0 atom stereocenters. The van der Waals surface area contributed by atoms with Crippen LogP contribution >= 0.6 is 11.6 Å². The number of hydrogen-bond donors (Lipinski definition) is 2. The Morgan fingerprint density at radius 3 is 2.50 bits per heavy atom. The molecule has 0 bridgehead atoms. The summed E-state index contributed by atoms with van der Waals surface area (Å²) in [7, 11) is 0. The highest BCUT2D eigenvalue weighted by molar-refractivity contribution is 6.32. The minimum absolute atomic E-state index is 0.179. The van der Waals surface area contributed by atoms with Crippen molar-refractivity contribution in [3.8, 4) is 11.5 Å². The quantitative estimate of drug-likeness (QED) is 0.279. The van der Waals surface area contributed by atoms with Gasteiger partial charge in [0.25, 0.3) is 5.91 Å². The van der Waals surface area contributed by atoms with Gasteiger partial charge in [-0.3, -0.25) is 4.79 Å². The molecule has 2 N–H and O–H groups in total. The van der Waals surface area contributed by atoms with Crippen LogP contribution in [0.15, 0.2) is 78.9 Å². The molecule has 0 aliphatic rings. The second-order valence-electron chi connectivity index (χ2n) is 7.92. The highest BCUT2D eigenvalue weighted by atomic mass is 35.5. The van der Waals surface area contributed by atoms with Crippen molar-refractivity contribution in [3.63, 3.8) is 0 Å². The molecule has 0 fully saturated rings. The first-order chi connectivity index (χ1) is 16.5. The number of amides is 1. The van der Waals surface area contributed by atoms with E-state index in [1.54, 1.807) is 0 Å². The van der Waals surface area contributed by atoms with E-state index in [9.17, 15) is 4.79 Å². The number of carbonyl (C=O) groups is 1. The summed E-state index contributed by atoms with van der Waals surface area (Å²) in [5, 5.41) is 9.02. The van der Waals surface area contributed by atoms with E-state index in [1.165, 1.54) is 5.39 Å². The summed E-state index contributed by atoms with van der Waals surface area (Å²) in [6, 6.07) is 25.7. The van der Waals surface area contributed by atoms with Crippen molar-refractivity contribution < 1.29 is 14.3 Å². The fourth-order valence-corrected chi connectivity index (χ4v) is 3.96. The topological polar surface area (TPSA) is 59.6 Å². The second-order valence-corrected chi connectivity index (χ2v) is 8.33. The number of carbonyl (C=O) groups excluding carboxylic acids is 1. The van der Waals surface area contributed by atoms with Gasteiger partial charge in [0.05, 0.1) is 11.6 Å². The molecular formula is C28H27ClN2O3. The fourth-order valence-electron chi connectivity index (χ4n) is 3.67. The zero-order valence-corrected chi connectivity index (χ0v) is 20.0. The molecule has 0 aliphatic carbocycles. The molecule has 5 nitrogen and oxygen atoms in total. The van der Waals surface area contributed by atoms with E-state index in [0.717, 1.165) is 22.2 Å². The Morgan fingerprint density at radius 1 is 0.941 bits per heavy atom. The van der Waals surface area contributed by atoms with Crippen LogP contribution in [0.2, 0.25) is 5.02 Å². The molecule has 0 heterocycles. The third-order valence-electron chi connectivity index (χ3n) is 5.32. The van der Waals surface area contributed by atoms with Crippen molar-refractivity contribution in [1.29, 1.82) is 0 Å². The second kappa shape index (κ2) is 10.9. The number of rotatable bonds is 9. The maximum absolute atomic E-state index is 12.4. The standard InChI is InChI=1S/C28H27ClN2O3/c1-3-33-26-16-20(17-30-25-10-6-8-21-7-4-5-9-23(21)25)15-24(29)28(26)34-18-27(32)31-22-13-11-19(2)12-14-22/h4-16,30H,3,17-18H2,1-2H3,(H,31,32). The van der Waals surface area contributed by atoms with Crippen LogP contribution in [-0.4, -0.2) is 19.1 Å². The largest absolute Gasteiger partial charge is 0.490 e. The Hall–Kier alpha value is -3.70. The summed E-state index contributed by atoms with van der Waals surface area (Å²) < 4.78 is 11.5. The lowest BCUT2D eigenvalue weighted by atomic mass is 10.1. The molecule has 0 radical (unpaired) electrons. The normalized spacial score (nSPS) is 10.7. The van der Waals surface area contributed by atoms with Gasteiger partial charge in [-0.25, -0.2) is 0 Å². The zero-order valence-electron chi connectivity index (χ0n) is 19.2. The number of fused-ring (bicyclic) bond motifs is 1. The molecule has 0 aromatic heterocycles. The molecule has 4 aromatic carbocycles. The molecule has 174 valence electrons. The monoisotopic (exact) mass is 474 g/mol. The number of ether oxygens (including phenoxy) is 2. The summed E-state index contributed by atoms with van der Waals surface area (Å²) in [4.78, 5) is 12.4. The Balaban J connectivity index is 1.45. The molecule has 0 saturated heterocycles. The van der Waals surface area contributed by atoms with Crippen LogP contribution < -0.4 is 20.1 Å². The van der Waals surface area contributed by atoms with Crippen molar-refractivity contribution in [2.75, 3.05) is 23.8 Å². The van der Waals surface area contributed by atoms with E-state index in [-0.39, 0.29) is 12.5 Å². The summed E-state index contributed by atoms with van der Waals surface area (Å²) in [5.41, 5.74) is 3.82. The van der Waals surface area contributed by atoms with Gasteiger partial charge in [0.15, 0.2) is 18.1 Å². The molecule has 6 heteroatoms. The van der Waals surface area contributed by atoms with Crippen LogP contribution in [-0.2, 0) is 11.3 Å². The van der Waals surface area contributed by atoms with Gasteiger partial charge in [-0.1, -0.05) is 65.7 Å². The molecule has 0 unspecified atom stereocenters. The number of benzene rings is 4. The molecule has 0 aliphatic heterocycles. The van der Waals surface area contributed by atoms with Crippen LogP contribution in [0.25, 0.3) is 10.8 Å². The zero-order chi connectivity index (χ0) is 23.9. The van der Waals surface area contributed by atoms with Gasteiger partial charge < -0.3 is 20.1 Å². The van der Waals surface area contributed by atoms with Gasteiger partial charge in [-0.05, 0) is 55.1 Å². The minimum atomic E-state index is -0.274. The first kappa shape index (κ1) is 23.5. The first-order valence-electron chi connectivity index (χ1n) is 11.2. The maximum atomic E-state index is 12.4. The number of hydrogen-bond acceptors (Lipinski definition) is 4. The van der Waals surface area contributed by atoms with Crippen LogP contribution in [0.3, 0.4) is 0 Å². The average Bonchev–Trinajstić information content (AvgIpc) is 2.84. The van der Waals surface area contributed by atoms with Crippen LogP contribution in [0.5, 0.6) is 11.5 Å². The number of halogens is 1. The van der Waals surface area contributed by atoms with Crippen molar-refractivity contribution in [2.45, 2.75) is 20.4 Å². The third-order valence-corrected chi connectivity index (χ3v) is 5.61. The summed E-state index contributed by atoms with van der Waals surface area (Å²) in [6.45, 7) is 4.71. The maximum Gasteiger partial charge on any atom is 0.262 e. The molecule has 0 saturated carbocycles. The Bertz CT molecular complexity index is 1280. The van der Waals surface area contributed by atoms with Crippen LogP contribution in [0.4, 0.5) is 11.4 Å². The predicted molar refractivity (Wildman–Crippen MR) is 139 cm³/mol. The van der Waals surface area contributed by atoms with Gasteiger partial charge in [0.1, 0.15) is 0 Å². The van der Waals surface area contributed by atoms with Gasteiger partial charge in [-0.2, -0.15) is 0 Å². The van der Waals surface area contributed by atoms with E-state index in [1.807, 2.05) is 68.4 Å². The lowest BCUT2D eigenvalue weighted by molar-refractivity contribution is -0.118. The fraction of sp³-hybridized carbons (Fsp3) is 0.179. The molecule has 34 heavy (non-hydrogen) atoms. The Labute approximate surface area is 204 Å². The van der Waals surface area contributed by atoms with Gasteiger partial charge in [-0.15, -0.1) is 0 Å². The highest BCUT2D eigenvalue weighted by Crippen LogP contribution is 2.37. The van der Waals surface area contributed by atoms with Crippen molar-refractivity contribution in [3.05, 3.63) is 95.0 Å². The van der Waals surface area contributed by atoms with Crippen molar-refractivity contribution in [2.24, 2.45) is 0 Å². The summed E-state index contributed by atoms with van der Waals surface area (Å²) >= 11 is 6.54. The third kappa shape index (κ3) is 5.80. The van der Waals surface area contributed by atoms with Crippen LogP contribution in [0, 0.1) is 6.92 Å². The average molecular weight is 475 g/mol. The van der Waals surface area contributed by atoms with Crippen LogP contribution in [0.1, 0.15) is 18.1 Å².